The number of Topliss-reactive ketones (excluding diaryl/α,β-unsaturated/α-hetero) is 1. The van der Waals surface area contributed by atoms with Gasteiger partial charge < -0.3 is 0 Å². The fourth-order valence-electron chi connectivity index (χ4n) is 1.69. The second-order valence-corrected chi connectivity index (χ2v) is 5.82. The van der Waals surface area contributed by atoms with Gasteiger partial charge in [0, 0.05) is 5.92 Å². The molecule has 108 valence electrons. The first-order valence-electron chi connectivity index (χ1n) is 5.94. The van der Waals surface area contributed by atoms with Gasteiger partial charge in [0.15, 0.2) is 0 Å². The second kappa shape index (κ2) is 6.40. The molecule has 2 nitrogen and oxygen atoms in total. The van der Waals surface area contributed by atoms with Gasteiger partial charge >= 0.3 is 6.18 Å². The molecule has 6 heteroatoms. The third-order valence-electron chi connectivity index (χ3n) is 2.83. The number of nitriles is 1. The van der Waals surface area contributed by atoms with E-state index >= 15 is 0 Å². The SMILES string of the molecule is CC(C)C(=O)C(Br)Cc1ccc(C(F)(F)F)cc1C#N. The number of carbonyl (C=O) groups is 1. The van der Waals surface area contributed by atoms with Crippen molar-refractivity contribution >= 4 is 21.7 Å². The van der Waals surface area contributed by atoms with E-state index in [4.69, 9.17) is 5.26 Å². The Morgan fingerprint density at radius 1 is 1.40 bits per heavy atom. The third kappa shape index (κ3) is 4.07. The minimum Gasteiger partial charge on any atom is -0.298 e. The van der Waals surface area contributed by atoms with Gasteiger partial charge in [-0.3, -0.25) is 4.79 Å². The molecule has 0 aliphatic rings. The number of hydrogen-bond donors (Lipinski definition) is 0. The lowest BCUT2D eigenvalue weighted by molar-refractivity contribution is -0.137. The van der Waals surface area contributed by atoms with Crippen LogP contribution in [0.15, 0.2) is 18.2 Å². The van der Waals surface area contributed by atoms with E-state index in [1.54, 1.807) is 19.9 Å². The zero-order valence-corrected chi connectivity index (χ0v) is 12.5. The molecule has 0 fully saturated rings. The number of alkyl halides is 4. The topological polar surface area (TPSA) is 40.9 Å². The maximum absolute atomic E-state index is 12.6. The predicted molar refractivity (Wildman–Crippen MR) is 72.4 cm³/mol. The molecule has 0 amide bonds. The fourth-order valence-corrected chi connectivity index (χ4v) is 2.57. The molecule has 1 aromatic carbocycles. The van der Waals surface area contributed by atoms with Gasteiger partial charge in [0.25, 0.3) is 0 Å². The van der Waals surface area contributed by atoms with Gasteiger partial charge in [-0.1, -0.05) is 35.8 Å². The molecule has 1 unspecified atom stereocenters. The van der Waals surface area contributed by atoms with Crippen molar-refractivity contribution in [1.29, 1.82) is 5.26 Å². The minimum absolute atomic E-state index is 0.0474. The summed E-state index contributed by atoms with van der Waals surface area (Å²) in [5.74, 6) is -0.229. The van der Waals surface area contributed by atoms with Crippen LogP contribution in [0.25, 0.3) is 0 Å². The van der Waals surface area contributed by atoms with Crippen molar-refractivity contribution in [1.82, 2.24) is 0 Å². The number of ketones is 1. The summed E-state index contributed by atoms with van der Waals surface area (Å²) in [5, 5.41) is 8.95. The van der Waals surface area contributed by atoms with E-state index in [9.17, 15) is 18.0 Å². The van der Waals surface area contributed by atoms with Crippen LogP contribution in [0.4, 0.5) is 13.2 Å². The highest BCUT2D eigenvalue weighted by Gasteiger charge is 2.31. The molecule has 1 rings (SSSR count). The highest BCUT2D eigenvalue weighted by atomic mass is 79.9. The van der Waals surface area contributed by atoms with E-state index in [0.717, 1.165) is 12.1 Å². The zero-order chi connectivity index (χ0) is 15.5. The quantitative estimate of drug-likeness (QED) is 0.769. The number of hydrogen-bond acceptors (Lipinski definition) is 2. The lowest BCUT2D eigenvalue weighted by atomic mass is 9.96. The molecular weight excluding hydrogens is 335 g/mol. The molecule has 1 aromatic rings. The Bertz CT molecular complexity index is 546. The summed E-state index contributed by atoms with van der Waals surface area (Å²) in [6, 6.07) is 4.74. The Hall–Kier alpha value is -1.35. The number of carbonyl (C=O) groups excluding carboxylic acids is 1. The van der Waals surface area contributed by atoms with Crippen LogP contribution in [-0.4, -0.2) is 10.6 Å². The number of benzene rings is 1. The summed E-state index contributed by atoms with van der Waals surface area (Å²) in [4.78, 5) is 11.3. The van der Waals surface area contributed by atoms with Gasteiger partial charge in [-0.05, 0) is 24.1 Å². The van der Waals surface area contributed by atoms with E-state index in [1.165, 1.54) is 6.07 Å². The van der Waals surface area contributed by atoms with Crippen molar-refractivity contribution in [2.45, 2.75) is 31.3 Å². The molecule has 0 radical (unpaired) electrons. The summed E-state index contributed by atoms with van der Waals surface area (Å²) in [5.41, 5.74) is -0.490. The monoisotopic (exact) mass is 347 g/mol. The largest absolute Gasteiger partial charge is 0.416 e. The van der Waals surface area contributed by atoms with Gasteiger partial charge in [0.2, 0.25) is 0 Å². The summed E-state index contributed by atoms with van der Waals surface area (Å²) in [6.07, 6.45) is -4.29. The molecule has 0 spiro atoms. The molecular formula is C14H13BrF3NO. The average Bonchev–Trinajstić information content (AvgIpc) is 2.36. The Kier molecular flexibility index (Phi) is 5.35. The first-order chi connectivity index (χ1) is 9.16. The van der Waals surface area contributed by atoms with E-state index in [0.29, 0.717) is 5.56 Å². The molecule has 20 heavy (non-hydrogen) atoms. The molecule has 0 aromatic heterocycles. The normalized spacial score (nSPS) is 13.1. The van der Waals surface area contributed by atoms with Crippen LogP contribution < -0.4 is 0 Å². The maximum atomic E-state index is 12.6. The average molecular weight is 348 g/mol. The van der Waals surface area contributed by atoms with Crippen LogP contribution >= 0.6 is 15.9 Å². The molecule has 0 saturated heterocycles. The molecule has 0 heterocycles. The smallest absolute Gasteiger partial charge is 0.298 e. The molecule has 0 N–H and O–H groups in total. The Balaban J connectivity index is 3.04. The lowest BCUT2D eigenvalue weighted by Crippen LogP contribution is -2.22. The summed E-state index contributed by atoms with van der Waals surface area (Å²) >= 11 is 3.22. The van der Waals surface area contributed by atoms with Gasteiger partial charge in [0.1, 0.15) is 5.78 Å². The fraction of sp³-hybridized carbons (Fsp3) is 0.429. The van der Waals surface area contributed by atoms with Crippen LogP contribution in [-0.2, 0) is 17.4 Å². The van der Waals surface area contributed by atoms with E-state index in [1.807, 2.05) is 0 Å². The van der Waals surface area contributed by atoms with Crippen LogP contribution in [0.1, 0.15) is 30.5 Å². The second-order valence-electron chi connectivity index (χ2n) is 4.71. The van der Waals surface area contributed by atoms with Crippen LogP contribution in [0.3, 0.4) is 0 Å². The van der Waals surface area contributed by atoms with Crippen LogP contribution in [0.2, 0.25) is 0 Å². The Morgan fingerprint density at radius 3 is 2.45 bits per heavy atom. The third-order valence-corrected chi connectivity index (χ3v) is 3.61. The van der Waals surface area contributed by atoms with Crippen LogP contribution in [0, 0.1) is 17.2 Å². The van der Waals surface area contributed by atoms with Crippen molar-refractivity contribution in [3.63, 3.8) is 0 Å². The lowest BCUT2D eigenvalue weighted by Gasteiger charge is -2.14. The zero-order valence-electron chi connectivity index (χ0n) is 11.0. The van der Waals surface area contributed by atoms with Gasteiger partial charge in [-0.25, -0.2) is 0 Å². The summed E-state index contributed by atoms with van der Waals surface area (Å²) in [6.45, 7) is 3.49. The van der Waals surface area contributed by atoms with E-state index in [-0.39, 0.29) is 23.7 Å². The first-order valence-corrected chi connectivity index (χ1v) is 6.86. The molecule has 0 aliphatic carbocycles. The van der Waals surface area contributed by atoms with Crippen LogP contribution in [0.5, 0.6) is 0 Å². The maximum Gasteiger partial charge on any atom is 0.416 e. The van der Waals surface area contributed by atoms with E-state index in [2.05, 4.69) is 15.9 Å². The Morgan fingerprint density at radius 2 is 2.00 bits per heavy atom. The highest BCUT2D eigenvalue weighted by Crippen LogP contribution is 2.31. The van der Waals surface area contributed by atoms with Crippen molar-refractivity contribution in [3.8, 4) is 6.07 Å². The van der Waals surface area contributed by atoms with Crippen molar-refractivity contribution in [3.05, 3.63) is 34.9 Å². The first kappa shape index (κ1) is 16.7. The van der Waals surface area contributed by atoms with Crippen molar-refractivity contribution in [2.24, 2.45) is 5.92 Å². The minimum atomic E-state index is -4.48. The molecule has 0 bridgehead atoms. The van der Waals surface area contributed by atoms with Crippen molar-refractivity contribution < 1.29 is 18.0 Å². The predicted octanol–water partition coefficient (Wildman–Crippen LogP) is 4.11. The summed E-state index contributed by atoms with van der Waals surface area (Å²) in [7, 11) is 0. The number of nitrogens with zero attached hydrogens (tertiary/aromatic N) is 1. The standard InChI is InChI=1S/C14H13BrF3NO/c1-8(2)13(20)12(15)6-9-3-4-11(14(16,17)18)5-10(9)7-19/h3-5,8,12H,6H2,1-2H3. The number of halogens is 4. The Labute approximate surface area is 123 Å². The number of rotatable bonds is 4. The molecule has 1 atom stereocenters. The van der Waals surface area contributed by atoms with Gasteiger partial charge in [0.05, 0.1) is 22.0 Å². The van der Waals surface area contributed by atoms with Crippen molar-refractivity contribution in [2.75, 3.05) is 0 Å². The summed E-state index contributed by atoms with van der Waals surface area (Å²) < 4.78 is 37.7. The molecule has 0 saturated carbocycles. The molecule has 0 aliphatic heterocycles. The van der Waals surface area contributed by atoms with E-state index < -0.39 is 16.6 Å². The highest BCUT2D eigenvalue weighted by molar-refractivity contribution is 9.10. The van der Waals surface area contributed by atoms with Gasteiger partial charge in [-0.15, -0.1) is 0 Å². The van der Waals surface area contributed by atoms with Gasteiger partial charge in [-0.2, -0.15) is 18.4 Å².